The first kappa shape index (κ1) is 12.2. The van der Waals surface area contributed by atoms with Crippen molar-refractivity contribution in [2.45, 2.75) is 13.8 Å². The van der Waals surface area contributed by atoms with Gasteiger partial charge in [0.05, 0.1) is 11.1 Å². The molecule has 0 amide bonds. The fourth-order valence-corrected chi connectivity index (χ4v) is 0.867. The first-order chi connectivity index (χ1) is 5.91. The lowest BCUT2D eigenvalue weighted by atomic mass is 10.6. The Balaban J connectivity index is 4.36. The van der Waals surface area contributed by atoms with Crippen LogP contribution in [0, 0.1) is 0 Å². The lowest BCUT2D eigenvalue weighted by molar-refractivity contribution is 0.323. The van der Waals surface area contributed by atoms with Crippen molar-refractivity contribution in [2.75, 3.05) is 19.3 Å². The molecule has 0 atom stereocenters. The van der Waals surface area contributed by atoms with Crippen molar-refractivity contribution in [2.24, 2.45) is 5.10 Å². The number of rotatable bonds is 5. The van der Waals surface area contributed by atoms with Gasteiger partial charge in [0.25, 0.3) is 0 Å². The summed E-state index contributed by atoms with van der Waals surface area (Å²) in [4.78, 5) is 0.0411. The van der Waals surface area contributed by atoms with Gasteiger partial charge >= 0.3 is 0 Å². The van der Waals surface area contributed by atoms with E-state index in [0.717, 1.165) is 19.3 Å². The molecule has 0 heterocycles. The monoisotopic (exact) mass is 204 g/mol. The Bertz CT molecular complexity index is 289. The van der Waals surface area contributed by atoms with Gasteiger partial charge < -0.3 is 0 Å². The SMILES string of the molecule is C=C(/C=N\N(CC)CC)S(C)(=O)=O. The van der Waals surface area contributed by atoms with Crippen molar-refractivity contribution in [3.63, 3.8) is 0 Å². The van der Waals surface area contributed by atoms with Crippen molar-refractivity contribution in [3.8, 4) is 0 Å². The first-order valence-electron chi connectivity index (χ1n) is 4.09. The Morgan fingerprint density at radius 2 is 1.92 bits per heavy atom. The summed E-state index contributed by atoms with van der Waals surface area (Å²) in [6.45, 7) is 8.81. The number of hydrogen-bond acceptors (Lipinski definition) is 4. The van der Waals surface area contributed by atoms with Crippen molar-refractivity contribution in [1.29, 1.82) is 0 Å². The molecule has 0 radical (unpaired) electrons. The highest BCUT2D eigenvalue weighted by Gasteiger charge is 2.04. The van der Waals surface area contributed by atoms with Crippen molar-refractivity contribution in [3.05, 3.63) is 11.5 Å². The largest absolute Gasteiger partial charge is 0.298 e. The predicted octanol–water partition coefficient (Wildman–Crippen LogP) is 0.872. The molecule has 4 nitrogen and oxygen atoms in total. The lowest BCUT2D eigenvalue weighted by Gasteiger charge is -2.12. The van der Waals surface area contributed by atoms with Crippen LogP contribution in [-0.4, -0.2) is 39.0 Å². The maximum absolute atomic E-state index is 10.9. The minimum absolute atomic E-state index is 0.0411. The third kappa shape index (κ3) is 4.67. The van der Waals surface area contributed by atoms with Gasteiger partial charge in [0.15, 0.2) is 9.84 Å². The van der Waals surface area contributed by atoms with Gasteiger partial charge in [-0.25, -0.2) is 8.42 Å². The third-order valence-corrected chi connectivity index (χ3v) is 2.63. The van der Waals surface area contributed by atoms with Crippen LogP contribution in [0.4, 0.5) is 0 Å². The van der Waals surface area contributed by atoms with Crippen molar-refractivity contribution < 1.29 is 8.42 Å². The van der Waals surface area contributed by atoms with Crippen LogP contribution in [0.5, 0.6) is 0 Å². The molecule has 0 aromatic carbocycles. The molecule has 0 aromatic rings. The molecule has 0 bridgehead atoms. The zero-order chi connectivity index (χ0) is 10.5. The van der Waals surface area contributed by atoms with Crippen LogP contribution >= 0.6 is 0 Å². The van der Waals surface area contributed by atoms with E-state index in [-0.39, 0.29) is 4.91 Å². The Morgan fingerprint density at radius 3 is 2.23 bits per heavy atom. The minimum Gasteiger partial charge on any atom is -0.298 e. The fraction of sp³-hybridized carbons (Fsp3) is 0.625. The third-order valence-electron chi connectivity index (χ3n) is 1.57. The fourth-order valence-electron chi connectivity index (χ4n) is 0.629. The summed E-state index contributed by atoms with van der Waals surface area (Å²) in [6, 6.07) is 0. The predicted molar refractivity (Wildman–Crippen MR) is 55.4 cm³/mol. The lowest BCUT2D eigenvalue weighted by Crippen LogP contribution is -2.16. The first-order valence-corrected chi connectivity index (χ1v) is 5.98. The van der Waals surface area contributed by atoms with E-state index in [2.05, 4.69) is 11.7 Å². The summed E-state index contributed by atoms with van der Waals surface area (Å²) in [7, 11) is -3.19. The Kier molecular flexibility index (Phi) is 4.69. The van der Waals surface area contributed by atoms with Crippen LogP contribution in [0.2, 0.25) is 0 Å². The number of allylic oxidation sites excluding steroid dienone is 1. The smallest absolute Gasteiger partial charge is 0.176 e. The summed E-state index contributed by atoms with van der Waals surface area (Å²) in [5.74, 6) is 0. The van der Waals surface area contributed by atoms with E-state index >= 15 is 0 Å². The summed E-state index contributed by atoms with van der Waals surface area (Å²) in [5.41, 5.74) is 0. The van der Waals surface area contributed by atoms with Gasteiger partial charge in [-0.3, -0.25) is 5.01 Å². The van der Waals surface area contributed by atoms with Gasteiger partial charge in [-0.15, -0.1) is 0 Å². The van der Waals surface area contributed by atoms with Crippen LogP contribution in [0.3, 0.4) is 0 Å². The number of hydrazone groups is 1. The zero-order valence-corrected chi connectivity index (χ0v) is 9.13. The zero-order valence-electron chi connectivity index (χ0n) is 8.32. The highest BCUT2D eigenvalue weighted by Crippen LogP contribution is 1.97. The molecule has 0 aliphatic rings. The van der Waals surface area contributed by atoms with Crippen LogP contribution in [0.15, 0.2) is 16.6 Å². The summed E-state index contributed by atoms with van der Waals surface area (Å²) in [5, 5.41) is 5.70. The highest BCUT2D eigenvalue weighted by molar-refractivity contribution is 7.95. The van der Waals surface area contributed by atoms with E-state index in [1.54, 1.807) is 5.01 Å². The Morgan fingerprint density at radius 1 is 1.46 bits per heavy atom. The van der Waals surface area contributed by atoms with Gasteiger partial charge in [-0.05, 0) is 13.8 Å². The molecule has 0 saturated heterocycles. The summed E-state index contributed by atoms with van der Waals surface area (Å²) >= 11 is 0. The molecular weight excluding hydrogens is 188 g/mol. The maximum Gasteiger partial charge on any atom is 0.176 e. The molecular formula is C8H16N2O2S. The Hall–Kier alpha value is -0.840. The second kappa shape index (κ2) is 5.01. The number of hydrogen-bond donors (Lipinski definition) is 0. The van der Waals surface area contributed by atoms with Crippen LogP contribution in [-0.2, 0) is 9.84 Å². The molecule has 0 spiro atoms. The minimum atomic E-state index is -3.19. The molecule has 0 aliphatic carbocycles. The van der Waals surface area contributed by atoms with E-state index in [4.69, 9.17) is 0 Å². The average molecular weight is 204 g/mol. The highest BCUT2D eigenvalue weighted by atomic mass is 32.2. The van der Waals surface area contributed by atoms with Gasteiger partial charge in [-0.1, -0.05) is 6.58 Å². The molecule has 5 heteroatoms. The molecule has 0 aromatic heterocycles. The standard InChI is InChI=1S/C8H16N2O2S/c1-5-10(6-2)9-7-8(3)13(4,11)12/h7H,3,5-6H2,1-2,4H3/b9-7-. The summed E-state index contributed by atoms with van der Waals surface area (Å²) < 4.78 is 21.8. The average Bonchev–Trinajstić information content (AvgIpc) is 2.04. The van der Waals surface area contributed by atoms with E-state index in [1.165, 1.54) is 6.21 Å². The summed E-state index contributed by atoms with van der Waals surface area (Å²) in [6.07, 6.45) is 2.39. The molecule has 0 saturated carbocycles. The molecule has 0 fully saturated rings. The quantitative estimate of drug-likeness (QED) is 0.493. The van der Waals surface area contributed by atoms with Crippen LogP contribution in [0.1, 0.15) is 13.8 Å². The van der Waals surface area contributed by atoms with Crippen molar-refractivity contribution >= 4 is 16.1 Å². The topological polar surface area (TPSA) is 49.7 Å². The second-order valence-electron chi connectivity index (χ2n) is 2.62. The molecule has 0 N–H and O–H groups in total. The van der Waals surface area contributed by atoms with Crippen molar-refractivity contribution in [1.82, 2.24) is 5.01 Å². The second-order valence-corrected chi connectivity index (χ2v) is 4.69. The molecule has 0 unspecified atom stereocenters. The molecule has 76 valence electrons. The molecule has 0 rings (SSSR count). The van der Waals surface area contributed by atoms with E-state index < -0.39 is 9.84 Å². The normalized spacial score (nSPS) is 11.9. The van der Waals surface area contributed by atoms with E-state index in [1.807, 2.05) is 13.8 Å². The van der Waals surface area contributed by atoms with Gasteiger partial charge in [0.2, 0.25) is 0 Å². The molecule has 0 aliphatic heterocycles. The number of sulfone groups is 1. The molecule has 13 heavy (non-hydrogen) atoms. The number of nitrogens with zero attached hydrogens (tertiary/aromatic N) is 2. The van der Waals surface area contributed by atoms with Gasteiger partial charge in [-0.2, -0.15) is 5.10 Å². The Labute approximate surface area is 79.9 Å². The van der Waals surface area contributed by atoms with E-state index in [0.29, 0.717) is 0 Å². The van der Waals surface area contributed by atoms with Crippen LogP contribution < -0.4 is 0 Å². The van der Waals surface area contributed by atoms with Gasteiger partial charge in [0, 0.05) is 19.3 Å². The van der Waals surface area contributed by atoms with Gasteiger partial charge in [0.1, 0.15) is 0 Å². The van der Waals surface area contributed by atoms with Crippen LogP contribution in [0.25, 0.3) is 0 Å². The maximum atomic E-state index is 10.9. The van der Waals surface area contributed by atoms with E-state index in [9.17, 15) is 8.42 Å².